The van der Waals surface area contributed by atoms with E-state index in [0.29, 0.717) is 0 Å². The van der Waals surface area contributed by atoms with Crippen LogP contribution in [0.15, 0.2) is 48.8 Å². The zero-order chi connectivity index (χ0) is 18.5. The van der Waals surface area contributed by atoms with E-state index in [4.69, 9.17) is 9.47 Å². The molecule has 0 radical (unpaired) electrons. The minimum Gasteiger partial charge on any atom is -0.495 e. The summed E-state index contributed by atoms with van der Waals surface area (Å²) < 4.78 is 11.4. The van der Waals surface area contributed by atoms with Gasteiger partial charge in [-0.3, -0.25) is 4.90 Å². The Bertz CT molecular complexity index is 871. The summed E-state index contributed by atoms with van der Waals surface area (Å²) in [7, 11) is 1.74. The highest BCUT2D eigenvalue weighted by Gasteiger charge is 2.19. The number of hydrogen-bond donors (Lipinski definition) is 1. The maximum Gasteiger partial charge on any atom is 0.142 e. The molecule has 6 nitrogen and oxygen atoms in total. The molecule has 0 saturated carbocycles. The van der Waals surface area contributed by atoms with E-state index in [1.54, 1.807) is 13.4 Å². The first kappa shape index (κ1) is 17.7. The van der Waals surface area contributed by atoms with Crippen LogP contribution in [0.1, 0.15) is 6.42 Å². The molecule has 0 unspecified atom stereocenters. The van der Waals surface area contributed by atoms with Gasteiger partial charge in [0.15, 0.2) is 0 Å². The van der Waals surface area contributed by atoms with E-state index >= 15 is 0 Å². The number of methoxy groups -OCH3 is 1. The number of nitrogens with one attached hydrogen (secondary N) is 1. The monoisotopic (exact) mass is 366 g/mol. The van der Waals surface area contributed by atoms with E-state index in [9.17, 15) is 0 Å². The molecule has 1 aromatic heterocycles. The highest BCUT2D eigenvalue weighted by molar-refractivity contribution is 5.75. The van der Waals surface area contributed by atoms with Crippen LogP contribution in [0.3, 0.4) is 0 Å². The Morgan fingerprint density at radius 3 is 2.78 bits per heavy atom. The summed E-state index contributed by atoms with van der Waals surface area (Å²) in [6, 6.07) is 14.2. The van der Waals surface area contributed by atoms with Gasteiger partial charge < -0.3 is 19.4 Å². The van der Waals surface area contributed by atoms with E-state index in [0.717, 1.165) is 68.3 Å². The molecule has 2 aromatic carbocycles. The van der Waals surface area contributed by atoms with E-state index in [1.165, 1.54) is 5.69 Å². The van der Waals surface area contributed by atoms with Gasteiger partial charge in [0.25, 0.3) is 0 Å². The number of ether oxygens (including phenoxy) is 2. The van der Waals surface area contributed by atoms with Crippen LogP contribution in [-0.2, 0) is 0 Å². The van der Waals surface area contributed by atoms with Crippen LogP contribution in [0.25, 0.3) is 11.0 Å². The Balaban J connectivity index is 1.20. The number of anilines is 1. The predicted molar refractivity (Wildman–Crippen MR) is 108 cm³/mol. The SMILES string of the molecule is COc1ccccc1N1CCN(CCCOc2ccc3nc[nH]c3c2)CC1. The molecule has 1 saturated heterocycles. The molecule has 1 fully saturated rings. The second kappa shape index (κ2) is 8.31. The number of aromatic nitrogens is 2. The summed E-state index contributed by atoms with van der Waals surface area (Å²) in [5.41, 5.74) is 3.17. The highest BCUT2D eigenvalue weighted by atomic mass is 16.5. The number of imidazole rings is 1. The lowest BCUT2D eigenvalue weighted by Gasteiger charge is -2.36. The van der Waals surface area contributed by atoms with Crippen molar-refractivity contribution >= 4 is 16.7 Å². The number of rotatable bonds is 7. The van der Waals surface area contributed by atoms with E-state index in [2.05, 4.69) is 31.9 Å². The second-order valence-corrected chi connectivity index (χ2v) is 6.78. The molecule has 1 N–H and O–H groups in total. The van der Waals surface area contributed by atoms with Crippen molar-refractivity contribution in [2.75, 3.05) is 51.3 Å². The maximum absolute atomic E-state index is 5.89. The topological polar surface area (TPSA) is 53.6 Å². The van der Waals surface area contributed by atoms with Gasteiger partial charge in [-0.05, 0) is 30.7 Å². The minimum absolute atomic E-state index is 0.729. The van der Waals surface area contributed by atoms with E-state index in [1.807, 2.05) is 30.3 Å². The quantitative estimate of drug-likeness (QED) is 0.651. The molecule has 0 atom stereocenters. The zero-order valence-corrected chi connectivity index (χ0v) is 15.7. The van der Waals surface area contributed by atoms with Gasteiger partial charge in [0, 0.05) is 38.8 Å². The molecule has 0 aliphatic carbocycles. The summed E-state index contributed by atoms with van der Waals surface area (Å²) in [6.45, 7) is 5.98. The molecule has 27 heavy (non-hydrogen) atoms. The molecular formula is C21H26N4O2. The molecule has 6 heteroatoms. The van der Waals surface area contributed by atoms with Gasteiger partial charge in [-0.1, -0.05) is 12.1 Å². The number of benzene rings is 2. The summed E-state index contributed by atoms with van der Waals surface area (Å²) in [5, 5.41) is 0. The van der Waals surface area contributed by atoms with Crippen molar-refractivity contribution in [1.29, 1.82) is 0 Å². The Kier molecular flexibility index (Phi) is 5.44. The lowest BCUT2D eigenvalue weighted by atomic mass is 10.2. The van der Waals surface area contributed by atoms with Gasteiger partial charge in [-0.2, -0.15) is 0 Å². The van der Waals surface area contributed by atoms with Crippen LogP contribution in [0.5, 0.6) is 11.5 Å². The fourth-order valence-electron chi connectivity index (χ4n) is 3.59. The van der Waals surface area contributed by atoms with Crippen molar-refractivity contribution < 1.29 is 9.47 Å². The summed E-state index contributed by atoms with van der Waals surface area (Å²) >= 11 is 0. The van der Waals surface area contributed by atoms with Gasteiger partial charge in [0.2, 0.25) is 0 Å². The Morgan fingerprint density at radius 2 is 1.93 bits per heavy atom. The minimum atomic E-state index is 0.729. The van der Waals surface area contributed by atoms with Crippen LogP contribution in [0.4, 0.5) is 5.69 Å². The lowest BCUT2D eigenvalue weighted by molar-refractivity contribution is 0.224. The average molecular weight is 366 g/mol. The highest BCUT2D eigenvalue weighted by Crippen LogP contribution is 2.28. The third kappa shape index (κ3) is 4.17. The van der Waals surface area contributed by atoms with Crippen LogP contribution >= 0.6 is 0 Å². The first-order valence-electron chi connectivity index (χ1n) is 9.50. The number of para-hydroxylation sites is 2. The molecule has 142 valence electrons. The van der Waals surface area contributed by atoms with Crippen LogP contribution in [-0.4, -0.2) is 61.3 Å². The summed E-state index contributed by atoms with van der Waals surface area (Å²) in [6.07, 6.45) is 2.73. The van der Waals surface area contributed by atoms with Crippen molar-refractivity contribution in [2.24, 2.45) is 0 Å². The lowest BCUT2D eigenvalue weighted by Crippen LogP contribution is -2.46. The molecule has 0 spiro atoms. The fraction of sp³-hybridized carbons (Fsp3) is 0.381. The summed E-state index contributed by atoms with van der Waals surface area (Å²) in [5.74, 6) is 1.85. The molecule has 4 rings (SSSR count). The number of piperazine rings is 1. The van der Waals surface area contributed by atoms with Gasteiger partial charge in [0.05, 0.1) is 36.8 Å². The first-order chi connectivity index (χ1) is 13.3. The van der Waals surface area contributed by atoms with Gasteiger partial charge in [-0.15, -0.1) is 0 Å². The van der Waals surface area contributed by atoms with Gasteiger partial charge in [-0.25, -0.2) is 4.98 Å². The van der Waals surface area contributed by atoms with Crippen LogP contribution in [0.2, 0.25) is 0 Å². The van der Waals surface area contributed by atoms with Crippen molar-refractivity contribution in [2.45, 2.75) is 6.42 Å². The molecule has 2 heterocycles. The number of aromatic amines is 1. The summed E-state index contributed by atoms with van der Waals surface area (Å²) in [4.78, 5) is 12.3. The van der Waals surface area contributed by atoms with E-state index < -0.39 is 0 Å². The first-order valence-corrected chi connectivity index (χ1v) is 9.50. The Morgan fingerprint density at radius 1 is 1.07 bits per heavy atom. The Hall–Kier alpha value is -2.73. The van der Waals surface area contributed by atoms with Crippen molar-refractivity contribution in [3.63, 3.8) is 0 Å². The standard InChI is InChI=1S/C21H26N4O2/c1-26-21-6-3-2-5-20(21)25-12-10-24(11-13-25)9-4-14-27-17-7-8-18-19(15-17)23-16-22-18/h2-3,5-8,15-16H,4,9-14H2,1H3,(H,22,23). The van der Waals surface area contributed by atoms with Crippen LogP contribution < -0.4 is 14.4 Å². The van der Waals surface area contributed by atoms with Gasteiger partial charge >= 0.3 is 0 Å². The third-order valence-electron chi connectivity index (χ3n) is 5.08. The molecule has 3 aromatic rings. The van der Waals surface area contributed by atoms with E-state index in [-0.39, 0.29) is 0 Å². The van der Waals surface area contributed by atoms with Crippen LogP contribution in [0, 0.1) is 0 Å². The molecule has 0 amide bonds. The van der Waals surface area contributed by atoms with Crippen molar-refractivity contribution in [3.8, 4) is 11.5 Å². The Labute approximate surface area is 159 Å². The maximum atomic E-state index is 5.89. The number of nitrogens with zero attached hydrogens (tertiary/aromatic N) is 3. The fourth-order valence-corrected chi connectivity index (χ4v) is 3.59. The smallest absolute Gasteiger partial charge is 0.142 e. The number of fused-ring (bicyclic) bond motifs is 1. The van der Waals surface area contributed by atoms with Gasteiger partial charge in [0.1, 0.15) is 11.5 Å². The largest absolute Gasteiger partial charge is 0.495 e. The zero-order valence-electron chi connectivity index (χ0n) is 15.7. The molecule has 0 bridgehead atoms. The van der Waals surface area contributed by atoms with Crippen molar-refractivity contribution in [1.82, 2.24) is 14.9 Å². The molecular weight excluding hydrogens is 340 g/mol. The predicted octanol–water partition coefficient (Wildman–Crippen LogP) is 3.16. The number of H-pyrrole nitrogens is 1. The third-order valence-corrected chi connectivity index (χ3v) is 5.08. The van der Waals surface area contributed by atoms with Crippen molar-refractivity contribution in [3.05, 3.63) is 48.8 Å². The average Bonchev–Trinajstić information content (AvgIpc) is 3.19. The second-order valence-electron chi connectivity index (χ2n) is 6.78. The number of hydrogen-bond acceptors (Lipinski definition) is 5. The molecule has 1 aliphatic heterocycles. The normalized spacial score (nSPS) is 15.2. The molecule has 1 aliphatic rings.